The van der Waals surface area contributed by atoms with Crippen molar-refractivity contribution in [1.29, 1.82) is 0 Å². The Morgan fingerprint density at radius 2 is 2.38 bits per heavy atom. The van der Waals surface area contributed by atoms with Gasteiger partial charge in [-0.3, -0.25) is 0 Å². The lowest BCUT2D eigenvalue weighted by molar-refractivity contribution is -0.136. The first-order valence-electron chi connectivity index (χ1n) is 3.95. The summed E-state index contributed by atoms with van der Waals surface area (Å²) < 4.78 is 4.67. The molecule has 2 nitrogen and oxygen atoms in total. The first-order chi connectivity index (χ1) is 6.24. The molecule has 1 aromatic rings. The molecule has 1 rings (SSSR count). The molecule has 0 unspecified atom stereocenters. The van der Waals surface area contributed by atoms with Gasteiger partial charge in [-0.1, -0.05) is 5.92 Å². The van der Waals surface area contributed by atoms with E-state index in [1.54, 1.807) is 18.3 Å². The highest BCUT2D eigenvalue weighted by Crippen LogP contribution is 2.11. The van der Waals surface area contributed by atoms with Crippen LogP contribution < -0.4 is 0 Å². The summed E-state index contributed by atoms with van der Waals surface area (Å²) in [7, 11) is 0. The molecule has 0 amide bonds. The predicted molar refractivity (Wildman–Crippen MR) is 52.6 cm³/mol. The minimum atomic E-state index is -0.465. The molecule has 0 aromatic carbocycles. The Bertz CT molecular complexity index is 354. The summed E-state index contributed by atoms with van der Waals surface area (Å²) in [6.45, 7) is 4.09. The van der Waals surface area contributed by atoms with Crippen molar-refractivity contribution in [2.75, 3.05) is 6.61 Å². The largest absolute Gasteiger partial charge is 0.456 e. The standard InChI is InChI=1S/C10H10O2S/c1-3-12-10(11)5-4-9-7-13-6-8(9)2/h6-7H,3H2,1-2H3. The zero-order chi connectivity index (χ0) is 9.68. The van der Waals surface area contributed by atoms with Gasteiger partial charge in [0.15, 0.2) is 0 Å². The van der Waals surface area contributed by atoms with Gasteiger partial charge in [0, 0.05) is 16.9 Å². The van der Waals surface area contributed by atoms with Gasteiger partial charge >= 0.3 is 5.97 Å². The summed E-state index contributed by atoms with van der Waals surface area (Å²) in [6.07, 6.45) is 0. The number of thiophene rings is 1. The number of ether oxygens (including phenoxy) is 1. The van der Waals surface area contributed by atoms with E-state index in [0.717, 1.165) is 11.1 Å². The van der Waals surface area contributed by atoms with Gasteiger partial charge in [0.2, 0.25) is 0 Å². The van der Waals surface area contributed by atoms with Gasteiger partial charge in [-0.25, -0.2) is 4.79 Å². The lowest BCUT2D eigenvalue weighted by Crippen LogP contribution is -1.99. The molecule has 0 spiro atoms. The molecule has 0 fully saturated rings. The van der Waals surface area contributed by atoms with Crippen molar-refractivity contribution in [3.05, 3.63) is 21.9 Å². The first kappa shape index (κ1) is 9.82. The molecule has 0 atom stereocenters. The molecule has 0 bridgehead atoms. The van der Waals surface area contributed by atoms with Crippen LogP contribution in [0, 0.1) is 18.8 Å². The molecule has 1 aromatic heterocycles. The van der Waals surface area contributed by atoms with E-state index >= 15 is 0 Å². The predicted octanol–water partition coefficient (Wildman–Crippen LogP) is 1.97. The summed E-state index contributed by atoms with van der Waals surface area (Å²) in [4.78, 5) is 10.9. The molecule has 0 saturated heterocycles. The summed E-state index contributed by atoms with van der Waals surface area (Å²) in [5, 5.41) is 3.91. The second kappa shape index (κ2) is 4.68. The third-order valence-electron chi connectivity index (χ3n) is 1.43. The highest BCUT2D eigenvalue weighted by molar-refractivity contribution is 7.08. The van der Waals surface area contributed by atoms with Crippen LogP contribution in [0.2, 0.25) is 0 Å². The normalized spacial score (nSPS) is 8.77. The maximum Gasteiger partial charge on any atom is 0.384 e. The van der Waals surface area contributed by atoms with Gasteiger partial charge in [-0.2, -0.15) is 11.3 Å². The monoisotopic (exact) mass is 194 g/mol. The Kier molecular flexibility index (Phi) is 3.53. The number of aryl methyl sites for hydroxylation is 1. The lowest BCUT2D eigenvalue weighted by atomic mass is 10.2. The maximum absolute atomic E-state index is 10.9. The second-order valence-corrected chi connectivity index (χ2v) is 3.18. The number of hydrogen-bond acceptors (Lipinski definition) is 3. The smallest absolute Gasteiger partial charge is 0.384 e. The van der Waals surface area contributed by atoms with Gasteiger partial charge in [-0.15, -0.1) is 0 Å². The summed E-state index contributed by atoms with van der Waals surface area (Å²) in [5.74, 6) is 4.72. The van der Waals surface area contributed by atoms with Crippen LogP contribution in [0.25, 0.3) is 0 Å². The quantitative estimate of drug-likeness (QED) is 0.504. The average molecular weight is 194 g/mol. The first-order valence-corrected chi connectivity index (χ1v) is 4.90. The Labute approximate surface area is 81.5 Å². The zero-order valence-corrected chi connectivity index (χ0v) is 8.40. The number of carbonyl (C=O) groups is 1. The van der Waals surface area contributed by atoms with Gasteiger partial charge < -0.3 is 4.74 Å². The molecule has 3 heteroatoms. The zero-order valence-electron chi connectivity index (χ0n) is 7.59. The number of carbonyl (C=O) groups excluding carboxylic acids is 1. The molecule has 0 aliphatic carbocycles. The molecule has 1 heterocycles. The van der Waals surface area contributed by atoms with Crippen molar-refractivity contribution in [3.8, 4) is 11.8 Å². The molecular weight excluding hydrogens is 184 g/mol. The Morgan fingerprint density at radius 3 is 2.92 bits per heavy atom. The van der Waals surface area contributed by atoms with Gasteiger partial charge in [0.25, 0.3) is 0 Å². The van der Waals surface area contributed by atoms with Crippen LogP contribution in [0.5, 0.6) is 0 Å². The minimum absolute atomic E-state index is 0.371. The molecule has 0 saturated carbocycles. The molecule has 68 valence electrons. The van der Waals surface area contributed by atoms with Crippen LogP contribution in [-0.2, 0) is 9.53 Å². The maximum atomic E-state index is 10.9. The molecule has 0 radical (unpaired) electrons. The van der Waals surface area contributed by atoms with Gasteiger partial charge in [0.1, 0.15) is 0 Å². The van der Waals surface area contributed by atoms with Gasteiger partial charge in [0.05, 0.1) is 6.61 Å². The van der Waals surface area contributed by atoms with Crippen molar-refractivity contribution in [2.24, 2.45) is 0 Å². The van der Waals surface area contributed by atoms with E-state index in [1.165, 1.54) is 0 Å². The fourth-order valence-electron chi connectivity index (χ4n) is 0.774. The van der Waals surface area contributed by atoms with Crippen LogP contribution in [0.1, 0.15) is 18.1 Å². The van der Waals surface area contributed by atoms with E-state index in [-0.39, 0.29) is 0 Å². The van der Waals surface area contributed by atoms with Crippen molar-refractivity contribution in [2.45, 2.75) is 13.8 Å². The molecule has 13 heavy (non-hydrogen) atoms. The van der Waals surface area contributed by atoms with E-state index in [1.807, 2.05) is 17.7 Å². The van der Waals surface area contributed by atoms with Crippen molar-refractivity contribution in [3.63, 3.8) is 0 Å². The van der Waals surface area contributed by atoms with Crippen LogP contribution in [0.4, 0.5) is 0 Å². The van der Waals surface area contributed by atoms with E-state index in [2.05, 4.69) is 16.6 Å². The van der Waals surface area contributed by atoms with Crippen molar-refractivity contribution in [1.82, 2.24) is 0 Å². The third kappa shape index (κ3) is 2.92. The summed E-state index contributed by atoms with van der Waals surface area (Å²) in [6, 6.07) is 0. The minimum Gasteiger partial charge on any atom is -0.456 e. The Morgan fingerprint density at radius 1 is 1.62 bits per heavy atom. The third-order valence-corrected chi connectivity index (χ3v) is 2.29. The average Bonchev–Trinajstić information content (AvgIpc) is 2.48. The van der Waals surface area contributed by atoms with Crippen LogP contribution in [0.15, 0.2) is 10.8 Å². The fourth-order valence-corrected chi connectivity index (χ4v) is 1.55. The van der Waals surface area contributed by atoms with Crippen molar-refractivity contribution < 1.29 is 9.53 Å². The highest BCUT2D eigenvalue weighted by Gasteiger charge is 1.96. The van der Waals surface area contributed by atoms with Crippen LogP contribution in [0.3, 0.4) is 0 Å². The summed E-state index contributed by atoms with van der Waals surface area (Å²) in [5.41, 5.74) is 2.00. The Hall–Kier alpha value is -1.27. The molecule has 0 aliphatic rings. The molecular formula is C10H10O2S. The summed E-state index contributed by atoms with van der Waals surface area (Å²) >= 11 is 1.58. The van der Waals surface area contributed by atoms with Crippen LogP contribution in [-0.4, -0.2) is 12.6 Å². The van der Waals surface area contributed by atoms with E-state index in [9.17, 15) is 4.79 Å². The number of rotatable bonds is 1. The van der Waals surface area contributed by atoms with Gasteiger partial charge in [-0.05, 0) is 24.8 Å². The fraction of sp³-hybridized carbons (Fsp3) is 0.300. The van der Waals surface area contributed by atoms with E-state index in [0.29, 0.717) is 6.61 Å². The number of esters is 1. The SMILES string of the molecule is CCOC(=O)C#Cc1cscc1C. The highest BCUT2D eigenvalue weighted by atomic mass is 32.1. The molecule has 0 N–H and O–H groups in total. The van der Waals surface area contributed by atoms with Crippen molar-refractivity contribution >= 4 is 17.3 Å². The second-order valence-electron chi connectivity index (χ2n) is 2.44. The Balaban J connectivity index is 2.67. The number of hydrogen-bond donors (Lipinski definition) is 0. The van der Waals surface area contributed by atoms with Crippen LogP contribution >= 0.6 is 11.3 Å². The molecule has 0 aliphatic heterocycles. The topological polar surface area (TPSA) is 26.3 Å². The van der Waals surface area contributed by atoms with E-state index in [4.69, 9.17) is 0 Å². The van der Waals surface area contributed by atoms with E-state index < -0.39 is 5.97 Å². The lowest BCUT2D eigenvalue weighted by Gasteiger charge is -1.90.